The van der Waals surface area contributed by atoms with Gasteiger partial charge in [-0.1, -0.05) is 30.7 Å². The van der Waals surface area contributed by atoms with Crippen molar-refractivity contribution in [3.05, 3.63) is 34.3 Å². The highest BCUT2D eigenvalue weighted by molar-refractivity contribution is 6.45. The van der Waals surface area contributed by atoms with Gasteiger partial charge in [0, 0.05) is 5.56 Å². The van der Waals surface area contributed by atoms with Gasteiger partial charge in [-0.05, 0) is 18.1 Å². The maximum atomic E-state index is 11.1. The zero-order valence-electron chi connectivity index (χ0n) is 7.58. The molecule has 0 saturated carbocycles. The van der Waals surface area contributed by atoms with E-state index in [4.69, 9.17) is 16.7 Å². The molecule has 0 saturated heterocycles. The SMILES string of the molecule is CCc1cccc(C(=O)C(=O)O)c1Cl. The zero-order chi connectivity index (χ0) is 10.7. The van der Waals surface area contributed by atoms with Gasteiger partial charge < -0.3 is 5.11 Å². The van der Waals surface area contributed by atoms with E-state index in [0.717, 1.165) is 5.56 Å². The average molecular weight is 213 g/mol. The van der Waals surface area contributed by atoms with E-state index in [0.29, 0.717) is 6.42 Å². The Hall–Kier alpha value is -1.35. The third-order valence-electron chi connectivity index (χ3n) is 1.90. The largest absolute Gasteiger partial charge is 0.475 e. The number of carboxylic acid groups (broad SMARTS) is 1. The molecular formula is C10H9ClO3. The third kappa shape index (κ3) is 1.93. The molecule has 14 heavy (non-hydrogen) atoms. The summed E-state index contributed by atoms with van der Waals surface area (Å²) in [5, 5.41) is 8.75. The van der Waals surface area contributed by atoms with Crippen LogP contribution >= 0.6 is 11.6 Å². The molecule has 1 rings (SSSR count). The minimum Gasteiger partial charge on any atom is -0.475 e. The smallest absolute Gasteiger partial charge is 0.377 e. The Kier molecular flexibility index (Phi) is 3.25. The van der Waals surface area contributed by atoms with Gasteiger partial charge in [-0.15, -0.1) is 0 Å². The number of aryl methyl sites for hydroxylation is 1. The van der Waals surface area contributed by atoms with Gasteiger partial charge in [0.05, 0.1) is 5.02 Å². The predicted molar refractivity (Wildman–Crippen MR) is 52.8 cm³/mol. The Morgan fingerprint density at radius 3 is 2.57 bits per heavy atom. The molecule has 0 aromatic heterocycles. The van der Waals surface area contributed by atoms with Crippen LogP contribution in [0.25, 0.3) is 0 Å². The van der Waals surface area contributed by atoms with E-state index < -0.39 is 11.8 Å². The number of ketones is 1. The first kappa shape index (κ1) is 10.7. The molecule has 0 fully saturated rings. The molecule has 0 radical (unpaired) electrons. The Balaban J connectivity index is 3.22. The van der Waals surface area contributed by atoms with E-state index in [2.05, 4.69) is 0 Å². The Morgan fingerprint density at radius 2 is 2.07 bits per heavy atom. The van der Waals surface area contributed by atoms with E-state index in [9.17, 15) is 9.59 Å². The Bertz CT molecular complexity index is 385. The highest BCUT2D eigenvalue weighted by Crippen LogP contribution is 2.21. The van der Waals surface area contributed by atoms with E-state index >= 15 is 0 Å². The fraction of sp³-hybridized carbons (Fsp3) is 0.200. The van der Waals surface area contributed by atoms with Gasteiger partial charge in [-0.25, -0.2) is 4.79 Å². The summed E-state index contributed by atoms with van der Waals surface area (Å²) in [6.07, 6.45) is 0.666. The maximum Gasteiger partial charge on any atom is 0.377 e. The van der Waals surface area contributed by atoms with Crippen LogP contribution in [0.5, 0.6) is 0 Å². The Labute approximate surface area is 86.3 Å². The van der Waals surface area contributed by atoms with Crippen molar-refractivity contribution in [3.8, 4) is 0 Å². The first-order chi connectivity index (χ1) is 6.57. The van der Waals surface area contributed by atoms with Gasteiger partial charge in [0.2, 0.25) is 0 Å². The summed E-state index contributed by atoms with van der Waals surface area (Å²) in [7, 11) is 0. The lowest BCUT2D eigenvalue weighted by atomic mass is 10.1. The second-order valence-electron chi connectivity index (χ2n) is 2.77. The summed E-state index contributed by atoms with van der Waals surface area (Å²) in [5.74, 6) is -2.45. The summed E-state index contributed by atoms with van der Waals surface area (Å²) >= 11 is 5.86. The molecule has 4 heteroatoms. The first-order valence-electron chi connectivity index (χ1n) is 4.13. The van der Waals surface area contributed by atoms with Crippen molar-refractivity contribution in [3.63, 3.8) is 0 Å². The lowest BCUT2D eigenvalue weighted by Gasteiger charge is -2.04. The number of carboxylic acids is 1. The quantitative estimate of drug-likeness (QED) is 0.617. The van der Waals surface area contributed by atoms with Crippen molar-refractivity contribution >= 4 is 23.4 Å². The molecule has 0 bridgehead atoms. The van der Waals surface area contributed by atoms with Crippen molar-refractivity contribution in [1.29, 1.82) is 0 Å². The van der Waals surface area contributed by atoms with Gasteiger partial charge in [0.1, 0.15) is 0 Å². The monoisotopic (exact) mass is 212 g/mol. The summed E-state index contributed by atoms with van der Waals surface area (Å²) in [6.45, 7) is 1.89. The summed E-state index contributed by atoms with van der Waals surface area (Å²) in [5.41, 5.74) is 0.831. The van der Waals surface area contributed by atoms with E-state index in [1.807, 2.05) is 6.92 Å². The number of hydrogen-bond donors (Lipinski definition) is 1. The Morgan fingerprint density at radius 1 is 1.43 bits per heavy atom. The molecule has 0 aliphatic heterocycles. The van der Waals surface area contributed by atoms with E-state index in [-0.39, 0.29) is 10.6 Å². The van der Waals surface area contributed by atoms with Crippen LogP contribution in [-0.4, -0.2) is 16.9 Å². The number of hydrogen-bond acceptors (Lipinski definition) is 2. The lowest BCUT2D eigenvalue weighted by Crippen LogP contribution is -2.13. The minimum absolute atomic E-state index is 0.0542. The average Bonchev–Trinajstić information content (AvgIpc) is 2.17. The van der Waals surface area contributed by atoms with Crippen molar-refractivity contribution in [2.75, 3.05) is 0 Å². The highest BCUT2D eigenvalue weighted by atomic mass is 35.5. The van der Waals surface area contributed by atoms with Crippen LogP contribution in [0.3, 0.4) is 0 Å². The molecule has 0 aliphatic carbocycles. The molecule has 0 amide bonds. The van der Waals surface area contributed by atoms with Crippen LogP contribution in [0.4, 0.5) is 0 Å². The number of aliphatic carboxylic acids is 1. The zero-order valence-corrected chi connectivity index (χ0v) is 8.34. The van der Waals surface area contributed by atoms with Gasteiger partial charge >= 0.3 is 5.97 Å². The highest BCUT2D eigenvalue weighted by Gasteiger charge is 2.18. The van der Waals surface area contributed by atoms with Crippen LogP contribution in [0, 0.1) is 0 Å². The van der Waals surface area contributed by atoms with E-state index in [1.54, 1.807) is 12.1 Å². The van der Waals surface area contributed by atoms with Crippen molar-refractivity contribution in [2.24, 2.45) is 0 Å². The maximum absolute atomic E-state index is 11.1. The number of carbonyl (C=O) groups excluding carboxylic acids is 1. The van der Waals surface area contributed by atoms with Crippen molar-refractivity contribution in [2.45, 2.75) is 13.3 Å². The summed E-state index contributed by atoms with van der Waals surface area (Å²) in [4.78, 5) is 21.6. The predicted octanol–water partition coefficient (Wildman–Crippen LogP) is 2.17. The third-order valence-corrected chi connectivity index (χ3v) is 2.34. The van der Waals surface area contributed by atoms with Crippen LogP contribution in [0.2, 0.25) is 5.02 Å². The summed E-state index contributed by atoms with van der Waals surface area (Å²) in [6, 6.07) is 4.81. The molecule has 0 unspecified atom stereocenters. The van der Waals surface area contributed by atoms with Gasteiger partial charge in [-0.3, -0.25) is 4.79 Å². The molecule has 1 aromatic rings. The molecule has 74 valence electrons. The van der Waals surface area contributed by atoms with E-state index in [1.165, 1.54) is 6.07 Å². The molecule has 3 nitrogen and oxygen atoms in total. The summed E-state index contributed by atoms with van der Waals surface area (Å²) < 4.78 is 0. The van der Waals surface area contributed by atoms with Crippen LogP contribution in [0.15, 0.2) is 18.2 Å². The second kappa shape index (κ2) is 4.24. The van der Waals surface area contributed by atoms with Crippen LogP contribution in [0.1, 0.15) is 22.8 Å². The molecule has 1 N–H and O–H groups in total. The fourth-order valence-corrected chi connectivity index (χ4v) is 1.49. The first-order valence-corrected chi connectivity index (χ1v) is 4.50. The van der Waals surface area contributed by atoms with Crippen LogP contribution < -0.4 is 0 Å². The molecular weight excluding hydrogens is 204 g/mol. The van der Waals surface area contributed by atoms with Gasteiger partial charge in [-0.2, -0.15) is 0 Å². The number of halogens is 1. The van der Waals surface area contributed by atoms with Crippen molar-refractivity contribution in [1.82, 2.24) is 0 Å². The molecule has 0 spiro atoms. The molecule has 0 atom stereocenters. The number of benzene rings is 1. The van der Waals surface area contributed by atoms with Crippen LogP contribution in [-0.2, 0) is 11.2 Å². The number of Topliss-reactive ketones (excluding diaryl/α,β-unsaturated/α-hetero) is 1. The molecule has 0 heterocycles. The lowest BCUT2D eigenvalue weighted by molar-refractivity contribution is -0.131. The fourth-order valence-electron chi connectivity index (χ4n) is 1.14. The molecule has 1 aromatic carbocycles. The second-order valence-corrected chi connectivity index (χ2v) is 3.14. The normalized spacial score (nSPS) is 9.86. The molecule has 0 aliphatic rings. The topological polar surface area (TPSA) is 54.4 Å². The van der Waals surface area contributed by atoms with Gasteiger partial charge in [0.15, 0.2) is 0 Å². The minimum atomic E-state index is -1.49. The number of carbonyl (C=O) groups is 2. The standard InChI is InChI=1S/C10H9ClO3/c1-2-6-4-3-5-7(8(6)11)9(12)10(13)14/h3-5H,2H2,1H3,(H,13,14). The van der Waals surface area contributed by atoms with Crippen molar-refractivity contribution < 1.29 is 14.7 Å². The van der Waals surface area contributed by atoms with Gasteiger partial charge in [0.25, 0.3) is 5.78 Å². The number of rotatable bonds is 3.